The lowest BCUT2D eigenvalue weighted by molar-refractivity contribution is -0.148. The molecule has 2 fully saturated rings. The first kappa shape index (κ1) is 38.0. The van der Waals surface area contributed by atoms with Crippen molar-refractivity contribution >= 4 is 46.4 Å². The van der Waals surface area contributed by atoms with Crippen LogP contribution in [-0.2, 0) is 36.8 Å². The maximum absolute atomic E-state index is 13.7. The van der Waals surface area contributed by atoms with Crippen molar-refractivity contribution in [2.45, 2.75) is 116 Å². The number of ketones is 1. The number of esters is 1. The van der Waals surface area contributed by atoms with Crippen molar-refractivity contribution in [3.63, 3.8) is 0 Å². The molecule has 6 unspecified atom stereocenters. The highest BCUT2D eigenvalue weighted by Crippen LogP contribution is 2.41. The van der Waals surface area contributed by atoms with Crippen LogP contribution in [0.5, 0.6) is 0 Å². The van der Waals surface area contributed by atoms with E-state index in [0.29, 0.717) is 13.1 Å². The number of aliphatic hydroxyl groups is 1. The molecule has 1 aromatic rings. The molecule has 0 aromatic heterocycles. The van der Waals surface area contributed by atoms with Crippen LogP contribution >= 0.6 is 0 Å². The lowest BCUT2D eigenvalue weighted by Gasteiger charge is -2.31. The van der Waals surface area contributed by atoms with Gasteiger partial charge in [0.1, 0.15) is 6.61 Å². The van der Waals surface area contributed by atoms with Crippen LogP contribution in [0.4, 0.5) is 11.4 Å². The summed E-state index contributed by atoms with van der Waals surface area (Å²) in [6.45, 7) is 8.72. The summed E-state index contributed by atoms with van der Waals surface area (Å²) in [4.78, 5) is 65.1. The fourth-order valence-electron chi connectivity index (χ4n) is 9.40. The number of anilines is 2. The number of rotatable bonds is 13. The first-order valence-corrected chi connectivity index (χ1v) is 20.0. The Morgan fingerprint density at radius 3 is 1.70 bits per heavy atom. The number of hydrogen-bond donors (Lipinski definition) is 3. The number of aliphatic hydroxyl groups excluding tert-OH is 1. The molecule has 3 N–H and O–H groups in total. The molecule has 6 aliphatic rings. The number of likely N-dealkylation sites (tertiary alicyclic amines) is 2. The number of benzene rings is 1. The van der Waals surface area contributed by atoms with Crippen LogP contribution in [0.15, 0.2) is 45.7 Å². The minimum atomic E-state index is -0.532. The molecule has 290 valence electrons. The number of amides is 2. The second-order valence-electron chi connectivity index (χ2n) is 16.7. The topological polar surface area (TPSA) is 153 Å². The molecule has 6 atom stereocenters. The molecule has 6 aliphatic heterocycles. The van der Waals surface area contributed by atoms with E-state index >= 15 is 0 Å². The summed E-state index contributed by atoms with van der Waals surface area (Å²) in [5.74, 6) is -1.42. The maximum Gasteiger partial charge on any atom is 0.306 e. The molecule has 0 saturated carbocycles. The number of ether oxygens (including phenoxy) is 1. The Labute approximate surface area is 318 Å². The molecule has 0 bridgehead atoms. The van der Waals surface area contributed by atoms with Gasteiger partial charge in [0.25, 0.3) is 0 Å². The van der Waals surface area contributed by atoms with Crippen LogP contribution in [0.1, 0.15) is 90.2 Å². The SMILES string of the molecule is COC(=O)CC(C(=O)N1CCCC1C1=NC=C(C2Cc3cc4c(cc3N2)NC(C2=CN=C(C3CCCN3C(=O)C(CC(=O)CO)C(C)C)C2)C4)C1)C(C)C. The molecule has 12 nitrogen and oxygen atoms in total. The number of hydrogen-bond acceptors (Lipinski definition) is 10. The van der Waals surface area contributed by atoms with Crippen molar-refractivity contribution in [3.05, 3.63) is 46.8 Å². The lowest BCUT2D eigenvalue weighted by atomic mass is 9.88. The Hall–Kier alpha value is -4.32. The third-order valence-corrected chi connectivity index (χ3v) is 12.6. The number of methoxy groups -OCH3 is 1. The van der Waals surface area contributed by atoms with Gasteiger partial charge in [-0.1, -0.05) is 33.8 Å². The summed E-state index contributed by atoms with van der Waals surface area (Å²) >= 11 is 0. The van der Waals surface area contributed by atoms with Gasteiger partial charge in [0.05, 0.1) is 43.6 Å². The Balaban J connectivity index is 0.927. The highest BCUT2D eigenvalue weighted by Gasteiger charge is 2.41. The van der Waals surface area contributed by atoms with E-state index in [1.807, 2.05) is 49.9 Å². The number of Topliss-reactive ketones (excluding diaryl/α,β-unsaturated/α-hetero) is 1. The van der Waals surface area contributed by atoms with Crippen molar-refractivity contribution in [2.75, 3.05) is 37.4 Å². The molecule has 12 heteroatoms. The average Bonchev–Trinajstić information content (AvgIpc) is 4.00. The predicted molar refractivity (Wildman–Crippen MR) is 208 cm³/mol. The van der Waals surface area contributed by atoms with E-state index in [1.165, 1.54) is 29.4 Å². The van der Waals surface area contributed by atoms with E-state index < -0.39 is 18.4 Å². The van der Waals surface area contributed by atoms with Gasteiger partial charge >= 0.3 is 5.97 Å². The summed E-state index contributed by atoms with van der Waals surface area (Å²) < 4.78 is 4.89. The van der Waals surface area contributed by atoms with Gasteiger partial charge < -0.3 is 30.3 Å². The zero-order valence-electron chi connectivity index (χ0n) is 32.4. The minimum absolute atomic E-state index is 0.00355. The Morgan fingerprint density at radius 1 is 0.778 bits per heavy atom. The van der Waals surface area contributed by atoms with Crippen molar-refractivity contribution in [2.24, 2.45) is 33.7 Å². The number of nitrogens with one attached hydrogen (secondary N) is 2. The van der Waals surface area contributed by atoms with Crippen LogP contribution in [0.3, 0.4) is 0 Å². The molecule has 0 spiro atoms. The summed E-state index contributed by atoms with van der Waals surface area (Å²) in [7, 11) is 1.37. The first-order valence-electron chi connectivity index (χ1n) is 20.0. The average molecular weight is 741 g/mol. The lowest BCUT2D eigenvalue weighted by Crippen LogP contribution is -2.45. The van der Waals surface area contributed by atoms with E-state index in [1.54, 1.807) is 0 Å². The van der Waals surface area contributed by atoms with E-state index in [4.69, 9.17) is 14.7 Å². The Kier molecular flexibility index (Phi) is 11.1. The smallest absolute Gasteiger partial charge is 0.306 e. The molecule has 0 radical (unpaired) electrons. The van der Waals surface area contributed by atoms with Gasteiger partial charge in [-0.3, -0.25) is 29.2 Å². The summed E-state index contributed by atoms with van der Waals surface area (Å²) in [6, 6.07) is 4.77. The molecule has 6 heterocycles. The van der Waals surface area contributed by atoms with Crippen LogP contribution < -0.4 is 10.6 Å². The first-order chi connectivity index (χ1) is 25.9. The van der Waals surface area contributed by atoms with E-state index in [9.17, 15) is 24.3 Å². The molecule has 2 amide bonds. The van der Waals surface area contributed by atoms with Gasteiger partial charge in [0.15, 0.2) is 5.78 Å². The molecule has 2 saturated heterocycles. The van der Waals surface area contributed by atoms with Gasteiger partial charge in [0, 0.05) is 73.5 Å². The van der Waals surface area contributed by atoms with Gasteiger partial charge in [0.2, 0.25) is 11.8 Å². The highest BCUT2D eigenvalue weighted by molar-refractivity contribution is 5.99. The Bertz CT molecular complexity index is 1650. The Morgan fingerprint density at radius 2 is 1.26 bits per heavy atom. The minimum Gasteiger partial charge on any atom is -0.469 e. The molecule has 54 heavy (non-hydrogen) atoms. The number of fused-ring (bicyclic) bond motifs is 2. The largest absolute Gasteiger partial charge is 0.469 e. The molecule has 1 aromatic carbocycles. The maximum atomic E-state index is 13.7. The highest BCUT2D eigenvalue weighted by atomic mass is 16.5. The number of aliphatic imine (C=N–C) groups is 2. The third-order valence-electron chi connectivity index (χ3n) is 12.6. The number of carbonyl (C=O) groups is 4. The van der Waals surface area contributed by atoms with Crippen molar-refractivity contribution < 1.29 is 29.0 Å². The second kappa shape index (κ2) is 15.8. The van der Waals surface area contributed by atoms with Gasteiger partial charge in [-0.25, -0.2) is 0 Å². The number of carbonyl (C=O) groups excluding carboxylic acids is 4. The van der Waals surface area contributed by atoms with Gasteiger partial charge in [-0.15, -0.1) is 0 Å². The second-order valence-corrected chi connectivity index (χ2v) is 16.7. The van der Waals surface area contributed by atoms with Crippen LogP contribution in [0.25, 0.3) is 0 Å². The standard InChI is InChI=1S/C42H56N6O6/c1-23(2)30(17-29(50)22-49)41(52)47-10-6-8-38(47)36-15-27(20-43-36)32-13-25-12-26-14-33(46-35(26)19-34(25)45-32)28-16-37(44-21-28)39-9-7-11-48(39)42(53)31(24(3)4)18-40(51)54-5/h12,19-21,23-24,30-33,38-39,45-46,49H,6-11,13-18,22H2,1-5H3. The van der Waals surface area contributed by atoms with Gasteiger partial charge in [-0.2, -0.15) is 0 Å². The van der Waals surface area contributed by atoms with E-state index in [2.05, 4.69) is 22.8 Å². The summed E-state index contributed by atoms with van der Waals surface area (Å²) in [5.41, 5.74) is 9.39. The van der Waals surface area contributed by atoms with Gasteiger partial charge in [-0.05, 0) is 78.7 Å². The zero-order chi connectivity index (χ0) is 38.3. The fraction of sp³-hybridized carbons (Fsp3) is 0.619. The van der Waals surface area contributed by atoms with Crippen molar-refractivity contribution in [3.8, 4) is 0 Å². The molecular weight excluding hydrogens is 684 g/mol. The normalized spacial score (nSPS) is 25.5. The van der Waals surface area contributed by atoms with Crippen molar-refractivity contribution in [1.82, 2.24) is 9.80 Å². The molecule has 0 aliphatic carbocycles. The van der Waals surface area contributed by atoms with Crippen LogP contribution in [0.2, 0.25) is 0 Å². The van der Waals surface area contributed by atoms with Crippen molar-refractivity contribution in [1.29, 1.82) is 0 Å². The molecular formula is C42H56N6O6. The van der Waals surface area contributed by atoms with Crippen LogP contribution in [-0.4, -0.2) is 101 Å². The quantitative estimate of drug-likeness (QED) is 0.243. The predicted octanol–water partition coefficient (Wildman–Crippen LogP) is 4.86. The van der Waals surface area contributed by atoms with Crippen LogP contribution in [0, 0.1) is 23.7 Å². The third kappa shape index (κ3) is 7.50. The monoisotopic (exact) mass is 740 g/mol. The van der Waals surface area contributed by atoms with E-state index in [-0.39, 0.29) is 72.4 Å². The number of nitrogens with zero attached hydrogens (tertiary/aromatic N) is 4. The fourth-order valence-corrected chi connectivity index (χ4v) is 9.40. The molecule has 7 rings (SSSR count). The zero-order valence-corrected chi connectivity index (χ0v) is 32.4. The van der Waals surface area contributed by atoms with E-state index in [0.717, 1.165) is 74.2 Å². The summed E-state index contributed by atoms with van der Waals surface area (Å²) in [5, 5.41) is 16.8. The summed E-state index contributed by atoms with van der Waals surface area (Å²) in [6.07, 6.45) is 11.0.